The molecule has 2 aliphatic heterocycles. The van der Waals surface area contributed by atoms with Crippen LogP contribution in [-0.2, 0) is 28.0 Å². The van der Waals surface area contributed by atoms with Gasteiger partial charge in [0.25, 0.3) is 0 Å². The number of fused-ring (bicyclic) bond motifs is 1. The van der Waals surface area contributed by atoms with E-state index in [1.54, 1.807) is 0 Å². The first-order valence-corrected chi connectivity index (χ1v) is 16.4. The molecule has 0 bridgehead atoms. The molecule has 4 aromatic rings. The van der Waals surface area contributed by atoms with Crippen molar-refractivity contribution < 1.29 is 62.6 Å². The first-order valence-electron chi connectivity index (χ1n) is 25.0. The summed E-state index contributed by atoms with van der Waals surface area (Å²) in [6.45, 7) is -17.3. The number of methoxy groups -OCH3 is 1. The fourth-order valence-corrected chi connectivity index (χ4v) is 5.76. The van der Waals surface area contributed by atoms with E-state index in [9.17, 15) is 32.3 Å². The van der Waals surface area contributed by atoms with Crippen molar-refractivity contribution in [2.75, 3.05) is 44.6 Å². The first kappa shape index (κ1) is 21.0. The zero-order chi connectivity index (χ0) is 54.7. The molecule has 4 aromatic carbocycles. The normalized spacial score (nSPS) is 27.4. The SMILES string of the molecule is [2H]C1=C(SC([2H])([2H])c2cccc(F)c2F)N(C([2H])([2H])C(=O)N(Cc2ccc(-c3ccc(C(F)(F)F)cc3)cc2)C2([2H])C([2H])([2H])C([2H])([2H])N(CC([2H])([2H])OC)C([2H])([2H])C2([2H])[2H])c2c([2H])c([2H])c(C)c([2H])c2C1O. The number of amides is 1. The molecule has 6 rings (SSSR count). The van der Waals surface area contributed by atoms with Crippen LogP contribution in [0.25, 0.3) is 11.1 Å². The van der Waals surface area contributed by atoms with Crippen molar-refractivity contribution in [2.24, 2.45) is 0 Å². The second kappa shape index (κ2) is 16.8. The number of ether oxygens (including phenoxy) is 1. The Balaban J connectivity index is 1.64. The number of hydrogen-bond acceptors (Lipinski definition) is 6. The number of carbonyl (C=O) groups excluding carboxylic acids is 1. The van der Waals surface area contributed by atoms with E-state index in [0.29, 0.717) is 6.07 Å². The van der Waals surface area contributed by atoms with Crippen molar-refractivity contribution >= 4 is 23.4 Å². The van der Waals surface area contributed by atoms with Gasteiger partial charge in [-0.15, -0.1) is 11.8 Å². The standard InChI is InChI=1S/C41H42F5N3O3S/c1-27-6-15-36-34(22-27)37(50)23-39(53-26-31-4-3-5-35(42)40(31)43)49(36)25-38(51)48(33-16-18-47(19-17-33)20-21-52-2)24-28-7-9-29(10-8-28)30-11-13-32(14-12-30)41(44,45)46/h3-15,22-23,33,37,50H,16-21,24-26H2,1-2H3/i6D,15D,16D2,17D2,18D2,19D2,21D2,22D,23D,25D2,26D2,33D. The molecule has 1 fully saturated rings. The average Bonchev–Trinajstić information content (AvgIpc) is 3.29. The van der Waals surface area contributed by atoms with Gasteiger partial charge in [-0.2, -0.15) is 13.2 Å². The summed E-state index contributed by atoms with van der Waals surface area (Å²) in [5.74, 6) is -5.72. The number of carbonyl (C=O) groups is 1. The van der Waals surface area contributed by atoms with Crippen molar-refractivity contribution in [3.8, 4) is 11.1 Å². The van der Waals surface area contributed by atoms with E-state index in [1.807, 2.05) is 0 Å². The Labute approximate surface area is 337 Å². The second-order valence-corrected chi connectivity index (χ2v) is 12.1. The molecule has 2 aliphatic rings. The predicted octanol–water partition coefficient (Wildman–Crippen LogP) is 8.73. The number of hydrogen-bond donors (Lipinski definition) is 1. The maximum atomic E-state index is 15.7. The predicted molar refractivity (Wildman–Crippen MR) is 198 cm³/mol. The van der Waals surface area contributed by atoms with E-state index >= 15 is 9.18 Å². The van der Waals surface area contributed by atoms with Gasteiger partial charge < -0.3 is 24.5 Å². The van der Waals surface area contributed by atoms with Gasteiger partial charge in [-0.1, -0.05) is 66.2 Å². The molecule has 0 radical (unpaired) electrons. The number of rotatable bonds is 12. The molecule has 1 N–H and O–H groups in total. The lowest BCUT2D eigenvalue weighted by atomic mass is 9.99. The zero-order valence-corrected chi connectivity index (χ0v) is 28.6. The molecule has 0 aromatic heterocycles. The van der Waals surface area contributed by atoms with Gasteiger partial charge in [0.05, 0.1) is 29.5 Å². The molecule has 1 amide bonds. The third-order valence-corrected chi connectivity index (χ3v) is 8.48. The molecule has 6 nitrogen and oxygen atoms in total. The number of likely N-dealkylation sites (tertiary alicyclic amines) is 1. The van der Waals surface area contributed by atoms with Crippen molar-refractivity contribution in [1.29, 1.82) is 0 Å². The summed E-state index contributed by atoms with van der Waals surface area (Å²) in [7, 11) is 0.774. The lowest BCUT2D eigenvalue weighted by molar-refractivity contribution is -0.137. The Bertz CT molecular complexity index is 2790. The molecule has 1 saturated heterocycles. The van der Waals surface area contributed by atoms with Gasteiger partial charge >= 0.3 is 6.18 Å². The summed E-state index contributed by atoms with van der Waals surface area (Å²) >= 11 is -0.353. The quantitative estimate of drug-likeness (QED) is 0.146. The highest BCUT2D eigenvalue weighted by Crippen LogP contribution is 2.41. The number of piperidine rings is 1. The van der Waals surface area contributed by atoms with E-state index in [1.165, 1.54) is 12.1 Å². The van der Waals surface area contributed by atoms with Gasteiger partial charge in [-0.3, -0.25) is 4.79 Å². The molecule has 1 atom stereocenters. The first-order chi connectivity index (χ1) is 32.7. The van der Waals surface area contributed by atoms with Crippen LogP contribution in [0, 0.1) is 18.6 Å². The molecule has 0 saturated carbocycles. The Morgan fingerprint density at radius 1 is 1.08 bits per heavy atom. The highest BCUT2D eigenvalue weighted by atomic mass is 32.2. The number of alkyl halides is 3. The molecule has 0 spiro atoms. The zero-order valence-electron chi connectivity index (χ0n) is 46.7. The van der Waals surface area contributed by atoms with E-state index in [2.05, 4.69) is 4.74 Å². The van der Waals surface area contributed by atoms with E-state index in [-0.39, 0.29) is 48.7 Å². The Hall–Kier alpha value is -4.23. The Morgan fingerprint density at radius 3 is 2.42 bits per heavy atom. The van der Waals surface area contributed by atoms with Crippen LogP contribution in [0.15, 0.2) is 95.9 Å². The number of nitrogens with zero attached hydrogens (tertiary/aromatic N) is 3. The van der Waals surface area contributed by atoms with Gasteiger partial charge in [-0.05, 0) is 66.7 Å². The molecule has 0 aliphatic carbocycles. The van der Waals surface area contributed by atoms with Gasteiger partial charge in [0.1, 0.15) is 12.6 Å². The third-order valence-electron chi connectivity index (χ3n) is 7.66. The van der Waals surface area contributed by atoms with E-state index in [4.69, 9.17) is 16.4 Å². The number of thioether (sulfide) groups is 1. The summed E-state index contributed by atoms with van der Waals surface area (Å²) in [6, 6.07) is 2.19. The van der Waals surface area contributed by atoms with Gasteiger partial charge in [0.15, 0.2) is 11.6 Å². The number of aliphatic hydroxyl groups is 1. The number of benzene rings is 4. The number of aliphatic hydroxyl groups excluding tert-OH is 1. The minimum Gasteiger partial charge on any atom is -0.384 e. The van der Waals surface area contributed by atoms with Crippen LogP contribution < -0.4 is 4.90 Å². The minimum atomic E-state index is -4.70. The molecule has 53 heavy (non-hydrogen) atoms. The monoisotopic (exact) mass is 770 g/mol. The summed E-state index contributed by atoms with van der Waals surface area (Å²) in [5.41, 5.74) is -7.62. The van der Waals surface area contributed by atoms with Crippen LogP contribution in [0.3, 0.4) is 0 Å². The molecule has 12 heteroatoms. The summed E-state index contributed by atoms with van der Waals surface area (Å²) < 4.78 is 246. The highest BCUT2D eigenvalue weighted by molar-refractivity contribution is 8.02. The Kier molecular flexibility index (Phi) is 6.68. The summed E-state index contributed by atoms with van der Waals surface area (Å²) in [5, 5.41) is 10.3. The lowest BCUT2D eigenvalue weighted by Gasteiger charge is -2.40. The van der Waals surface area contributed by atoms with Crippen LogP contribution in [0.1, 0.15) is 72.7 Å². The van der Waals surface area contributed by atoms with Gasteiger partial charge in [0.2, 0.25) is 5.91 Å². The molecule has 280 valence electrons. The molecular weight excluding hydrogens is 710 g/mol. The fraction of sp³-hybridized carbons (Fsp3) is 0.341. The van der Waals surface area contributed by atoms with Gasteiger partial charge in [-0.25, -0.2) is 8.78 Å². The number of halogens is 5. The average molecular weight is 771 g/mol. The van der Waals surface area contributed by atoms with Crippen LogP contribution >= 0.6 is 11.8 Å². The topological polar surface area (TPSA) is 56.3 Å². The van der Waals surface area contributed by atoms with E-state index < -0.39 is 145 Å². The summed E-state index contributed by atoms with van der Waals surface area (Å²) in [4.78, 5) is 15.1. The smallest absolute Gasteiger partial charge is 0.384 e. The lowest BCUT2D eigenvalue weighted by Crippen LogP contribution is -2.50. The molecule has 2 heterocycles. The fourth-order valence-electron chi connectivity index (χ4n) is 5.00. The van der Waals surface area contributed by atoms with Crippen LogP contribution in [-0.4, -0.2) is 66.5 Å². The molecule has 1 unspecified atom stereocenters. The van der Waals surface area contributed by atoms with Crippen LogP contribution in [0.2, 0.25) is 0 Å². The van der Waals surface area contributed by atoms with Crippen LogP contribution in [0.4, 0.5) is 27.6 Å². The van der Waals surface area contributed by atoms with Crippen molar-refractivity contribution in [3.63, 3.8) is 0 Å². The summed E-state index contributed by atoms with van der Waals surface area (Å²) in [6.07, 6.45) is -15.7. The number of anilines is 1. The molecular formula is C41H42F5N3O3S. The third kappa shape index (κ3) is 9.29. The van der Waals surface area contributed by atoms with Crippen molar-refractivity contribution in [2.45, 2.75) is 50.2 Å². The van der Waals surface area contributed by atoms with E-state index in [0.717, 1.165) is 62.6 Å². The maximum absolute atomic E-state index is 15.7. The second-order valence-electron chi connectivity index (χ2n) is 11.3. The Morgan fingerprint density at radius 2 is 1.75 bits per heavy atom. The maximum Gasteiger partial charge on any atom is 0.416 e. The van der Waals surface area contributed by atoms with Crippen molar-refractivity contribution in [3.05, 3.63) is 135 Å². The largest absolute Gasteiger partial charge is 0.416 e. The van der Waals surface area contributed by atoms with Gasteiger partial charge in [0, 0.05) is 75.4 Å². The highest BCUT2D eigenvalue weighted by Gasteiger charge is 2.33. The van der Waals surface area contributed by atoms with Crippen LogP contribution in [0.5, 0.6) is 0 Å². The minimum absolute atomic E-state index is 0.0159. The van der Waals surface area contributed by atoms with Crippen molar-refractivity contribution in [1.82, 2.24) is 9.80 Å².